The zero-order valence-corrected chi connectivity index (χ0v) is 21.2. The van der Waals surface area contributed by atoms with Gasteiger partial charge in [-0.15, -0.1) is 5.10 Å². The van der Waals surface area contributed by atoms with Crippen molar-refractivity contribution >= 4 is 24.5 Å². The molecule has 0 spiro atoms. The Balaban J connectivity index is 2.94. The number of hydrogen-bond acceptors (Lipinski definition) is 8. The van der Waals surface area contributed by atoms with Crippen molar-refractivity contribution in [2.24, 2.45) is 0 Å². The summed E-state index contributed by atoms with van der Waals surface area (Å²) in [6.07, 6.45) is 3.47. The van der Waals surface area contributed by atoms with Gasteiger partial charge in [0.1, 0.15) is 6.61 Å². The number of carbonyl (C=O) groups is 1. The van der Waals surface area contributed by atoms with Crippen LogP contribution >= 0.6 is 0 Å². The average Bonchev–Trinajstić information content (AvgIpc) is 3.05. The monoisotopic (exact) mass is 464 g/mol. The molecule has 1 rings (SSSR count). The lowest BCUT2D eigenvalue weighted by molar-refractivity contribution is -0.00900. The highest BCUT2D eigenvalue weighted by Gasteiger charge is 2.40. The van der Waals surface area contributed by atoms with Gasteiger partial charge in [-0.05, 0) is 31.5 Å². The Labute approximate surface area is 181 Å². The van der Waals surface area contributed by atoms with Crippen molar-refractivity contribution in [3.8, 4) is 5.88 Å². The van der Waals surface area contributed by atoms with E-state index in [-0.39, 0.29) is 24.1 Å². The van der Waals surface area contributed by atoms with E-state index in [0.29, 0.717) is 6.61 Å². The fraction of sp³-hybridized carbons (Fsp3) is 0.789. The normalized spacial score (nSPS) is 14.9. The standard InChI is InChI=1S/C19H36N2O7SSi/c1-9-10-13-25-17(22)21-12-11-16(20-21)28-19(5,14-26-29(6,23)24)15-27-30(7,8)18(2,3)4/h11-12H,9-10,13-15H2,1-8H3. The highest BCUT2D eigenvalue weighted by molar-refractivity contribution is 7.85. The number of unbranched alkanes of at least 4 members (excludes halogenated alkanes) is 1. The van der Waals surface area contributed by atoms with Crippen LogP contribution in [-0.4, -0.2) is 64.3 Å². The van der Waals surface area contributed by atoms with Crippen LogP contribution in [-0.2, 0) is 23.5 Å². The maximum Gasteiger partial charge on any atom is 0.434 e. The molecule has 1 atom stereocenters. The third kappa shape index (κ3) is 8.74. The summed E-state index contributed by atoms with van der Waals surface area (Å²) in [4.78, 5) is 12.0. The van der Waals surface area contributed by atoms with E-state index in [2.05, 4.69) is 39.0 Å². The minimum Gasteiger partial charge on any atom is -0.465 e. The van der Waals surface area contributed by atoms with Gasteiger partial charge >= 0.3 is 6.09 Å². The quantitative estimate of drug-likeness (QED) is 0.276. The Morgan fingerprint density at radius 3 is 2.37 bits per heavy atom. The second-order valence-corrected chi connectivity index (χ2v) is 15.6. The van der Waals surface area contributed by atoms with Crippen molar-refractivity contribution in [1.29, 1.82) is 0 Å². The van der Waals surface area contributed by atoms with E-state index in [9.17, 15) is 13.2 Å². The first-order valence-corrected chi connectivity index (χ1v) is 14.7. The average molecular weight is 465 g/mol. The molecule has 0 aliphatic carbocycles. The number of rotatable bonds is 11. The summed E-state index contributed by atoms with van der Waals surface area (Å²) < 4.78 is 46.3. The molecule has 0 aromatic carbocycles. The van der Waals surface area contributed by atoms with E-state index >= 15 is 0 Å². The van der Waals surface area contributed by atoms with Gasteiger partial charge in [-0.25, -0.2) is 4.79 Å². The molecule has 0 radical (unpaired) electrons. The molecule has 0 saturated heterocycles. The maximum absolute atomic E-state index is 12.0. The second kappa shape index (κ2) is 10.3. The van der Waals surface area contributed by atoms with Crippen molar-refractivity contribution in [3.05, 3.63) is 12.3 Å². The van der Waals surface area contributed by atoms with Crippen LogP contribution in [0.3, 0.4) is 0 Å². The van der Waals surface area contributed by atoms with Gasteiger partial charge in [-0.2, -0.15) is 13.1 Å². The third-order valence-corrected chi connectivity index (χ3v) is 9.97. The van der Waals surface area contributed by atoms with E-state index in [0.717, 1.165) is 23.8 Å². The number of nitrogens with zero attached hydrogens (tertiary/aromatic N) is 2. The molecule has 0 bridgehead atoms. The Bertz CT molecular complexity index is 802. The van der Waals surface area contributed by atoms with E-state index in [1.807, 2.05) is 6.92 Å². The fourth-order valence-electron chi connectivity index (χ4n) is 1.97. The molecule has 0 aliphatic heterocycles. The minimum absolute atomic E-state index is 0.0323. The lowest BCUT2D eigenvalue weighted by Crippen LogP contribution is -2.49. The number of carbonyl (C=O) groups excluding carboxylic acids is 1. The molecular weight excluding hydrogens is 428 g/mol. The molecule has 0 aliphatic rings. The summed E-state index contributed by atoms with van der Waals surface area (Å²) >= 11 is 0. The van der Waals surface area contributed by atoms with Crippen molar-refractivity contribution in [1.82, 2.24) is 9.78 Å². The van der Waals surface area contributed by atoms with Crippen LogP contribution in [0.2, 0.25) is 18.1 Å². The van der Waals surface area contributed by atoms with Gasteiger partial charge in [0.2, 0.25) is 5.88 Å². The van der Waals surface area contributed by atoms with Gasteiger partial charge in [-0.1, -0.05) is 34.1 Å². The van der Waals surface area contributed by atoms with Crippen LogP contribution in [0.1, 0.15) is 47.5 Å². The largest absolute Gasteiger partial charge is 0.465 e. The van der Waals surface area contributed by atoms with Crippen LogP contribution in [0.4, 0.5) is 4.79 Å². The number of aromatic nitrogens is 2. The van der Waals surface area contributed by atoms with Crippen molar-refractivity contribution in [3.63, 3.8) is 0 Å². The molecule has 0 amide bonds. The summed E-state index contributed by atoms with van der Waals surface area (Å²) in [5.41, 5.74) is -1.14. The Morgan fingerprint density at radius 2 is 1.83 bits per heavy atom. The van der Waals surface area contributed by atoms with Gasteiger partial charge < -0.3 is 13.9 Å². The summed E-state index contributed by atoms with van der Waals surface area (Å²) in [6.45, 7) is 14.3. The molecule has 0 saturated carbocycles. The Morgan fingerprint density at radius 1 is 1.20 bits per heavy atom. The fourth-order valence-corrected chi connectivity index (χ4v) is 3.53. The van der Waals surface area contributed by atoms with Crippen LogP contribution in [0.15, 0.2) is 12.3 Å². The SMILES string of the molecule is CCCCOC(=O)n1ccc(OC(C)(CO[Si](C)(C)C(C)(C)C)COS(C)(=O)=O)n1. The van der Waals surface area contributed by atoms with E-state index in [4.69, 9.17) is 18.1 Å². The zero-order valence-electron chi connectivity index (χ0n) is 19.4. The van der Waals surface area contributed by atoms with E-state index in [1.54, 1.807) is 6.92 Å². The van der Waals surface area contributed by atoms with Crippen LogP contribution < -0.4 is 4.74 Å². The van der Waals surface area contributed by atoms with Crippen LogP contribution in [0.25, 0.3) is 0 Å². The molecule has 9 nitrogen and oxygen atoms in total. The van der Waals surface area contributed by atoms with Crippen molar-refractivity contribution < 1.29 is 31.3 Å². The summed E-state index contributed by atoms with van der Waals surface area (Å²) in [5, 5.41) is 4.05. The number of ether oxygens (including phenoxy) is 2. The zero-order chi connectivity index (χ0) is 23.2. The molecule has 1 unspecified atom stereocenters. The molecule has 1 aromatic heterocycles. The first kappa shape index (κ1) is 26.6. The first-order valence-electron chi connectivity index (χ1n) is 9.99. The molecular formula is C19H36N2O7SSi. The van der Waals surface area contributed by atoms with Gasteiger partial charge in [0.15, 0.2) is 13.9 Å². The van der Waals surface area contributed by atoms with Gasteiger partial charge in [0.25, 0.3) is 10.1 Å². The highest BCUT2D eigenvalue weighted by atomic mass is 32.2. The number of hydrogen-bond donors (Lipinski definition) is 0. The molecule has 0 fully saturated rings. The summed E-state index contributed by atoms with van der Waals surface area (Å²) in [5.74, 6) is 0.140. The summed E-state index contributed by atoms with van der Waals surface area (Å²) in [6, 6.07) is 1.51. The molecule has 0 N–H and O–H groups in total. The van der Waals surface area contributed by atoms with E-state index < -0.39 is 30.1 Å². The second-order valence-electron chi connectivity index (χ2n) is 9.13. The lowest BCUT2D eigenvalue weighted by Gasteiger charge is -2.39. The third-order valence-electron chi connectivity index (χ3n) is 4.95. The maximum atomic E-state index is 12.0. The molecule has 1 heterocycles. The lowest BCUT2D eigenvalue weighted by atomic mass is 10.1. The van der Waals surface area contributed by atoms with Gasteiger partial charge in [0.05, 0.1) is 19.5 Å². The van der Waals surface area contributed by atoms with E-state index in [1.165, 1.54) is 12.3 Å². The predicted octanol–water partition coefficient (Wildman–Crippen LogP) is 3.80. The van der Waals surface area contributed by atoms with Crippen molar-refractivity contribution in [2.45, 2.75) is 71.2 Å². The van der Waals surface area contributed by atoms with Gasteiger partial charge in [0, 0.05) is 12.3 Å². The van der Waals surface area contributed by atoms with Gasteiger partial charge in [-0.3, -0.25) is 4.18 Å². The predicted molar refractivity (Wildman–Crippen MR) is 117 cm³/mol. The van der Waals surface area contributed by atoms with Crippen LogP contribution in [0, 0.1) is 0 Å². The molecule has 174 valence electrons. The highest BCUT2D eigenvalue weighted by Crippen LogP contribution is 2.37. The van der Waals surface area contributed by atoms with Crippen molar-refractivity contribution in [2.75, 3.05) is 26.1 Å². The first-order chi connectivity index (χ1) is 13.6. The summed E-state index contributed by atoms with van der Waals surface area (Å²) in [7, 11) is -5.80. The molecule has 11 heteroatoms. The Kier molecular flexibility index (Phi) is 9.09. The molecule has 1 aromatic rings. The Hall–Kier alpha value is -1.43. The topological polar surface area (TPSA) is 106 Å². The minimum atomic E-state index is -3.68. The smallest absolute Gasteiger partial charge is 0.434 e. The molecule has 30 heavy (non-hydrogen) atoms. The van der Waals surface area contributed by atoms with Crippen LogP contribution in [0.5, 0.6) is 5.88 Å².